The van der Waals surface area contributed by atoms with Crippen LogP contribution in [-0.4, -0.2) is 37.9 Å². The van der Waals surface area contributed by atoms with Crippen molar-refractivity contribution in [3.05, 3.63) is 51.7 Å². The first-order valence-corrected chi connectivity index (χ1v) is 11.0. The van der Waals surface area contributed by atoms with E-state index in [1.54, 1.807) is 11.3 Å². The largest absolute Gasteiger partial charge is 0.337 e. The van der Waals surface area contributed by atoms with Crippen LogP contribution in [0.5, 0.6) is 0 Å². The van der Waals surface area contributed by atoms with Crippen molar-refractivity contribution in [1.29, 1.82) is 0 Å². The van der Waals surface area contributed by atoms with Crippen molar-refractivity contribution in [2.45, 2.75) is 38.5 Å². The lowest BCUT2D eigenvalue weighted by atomic mass is 10.1. The van der Waals surface area contributed by atoms with Crippen LogP contribution in [0, 0.1) is 6.92 Å². The smallest absolute Gasteiger partial charge is 0.233 e. The van der Waals surface area contributed by atoms with Gasteiger partial charge in [-0.05, 0) is 42.8 Å². The maximum absolute atomic E-state index is 12.7. The Morgan fingerprint density at radius 2 is 2.11 bits per heavy atom. The predicted octanol–water partition coefficient (Wildman–Crippen LogP) is 4.01. The average Bonchev–Trinajstić information content (AvgIpc) is 3.32. The number of hydrogen-bond donors (Lipinski definition) is 0. The summed E-state index contributed by atoms with van der Waals surface area (Å²) in [5.41, 5.74) is 3.56. The molecule has 0 saturated heterocycles. The number of benzene rings is 1. The molecule has 0 bridgehead atoms. The monoisotopic (exact) mass is 398 g/mol. The number of aromatic nitrogens is 3. The van der Waals surface area contributed by atoms with Crippen LogP contribution in [0.25, 0.3) is 11.4 Å². The Morgan fingerprint density at radius 3 is 2.93 bits per heavy atom. The molecular weight excluding hydrogens is 376 g/mol. The topological polar surface area (TPSA) is 51.0 Å². The molecule has 3 heterocycles. The lowest BCUT2D eigenvalue weighted by Crippen LogP contribution is -2.36. The number of aryl methyl sites for hydroxylation is 1. The normalized spacial score (nSPS) is 13.6. The van der Waals surface area contributed by atoms with Gasteiger partial charge in [-0.3, -0.25) is 4.79 Å². The fourth-order valence-electron chi connectivity index (χ4n) is 3.38. The average molecular weight is 399 g/mol. The molecule has 140 valence electrons. The first kappa shape index (κ1) is 18.3. The Labute approximate surface area is 167 Å². The van der Waals surface area contributed by atoms with E-state index in [9.17, 15) is 4.79 Å². The number of rotatable bonds is 5. The molecule has 0 fully saturated rings. The standard InChI is InChI=1S/C20H22N4OS2/c1-3-24-19(16-7-5-4-6-14(16)2)21-22-20(24)27-13-18(25)23-10-8-17-15(12-23)9-11-26-17/h4-7,9,11H,3,8,10,12-13H2,1-2H3. The summed E-state index contributed by atoms with van der Waals surface area (Å²) in [6.45, 7) is 6.47. The van der Waals surface area contributed by atoms with E-state index in [4.69, 9.17) is 0 Å². The molecule has 0 radical (unpaired) electrons. The zero-order valence-corrected chi connectivity index (χ0v) is 17.1. The summed E-state index contributed by atoms with van der Waals surface area (Å²) in [5.74, 6) is 1.43. The molecule has 2 aromatic heterocycles. The van der Waals surface area contributed by atoms with Gasteiger partial charge in [-0.25, -0.2) is 0 Å². The van der Waals surface area contributed by atoms with Crippen LogP contribution in [-0.2, 0) is 24.3 Å². The second-order valence-corrected chi connectivity index (χ2v) is 8.53. The maximum Gasteiger partial charge on any atom is 0.233 e. The molecule has 4 rings (SSSR count). The van der Waals surface area contributed by atoms with Crippen molar-refractivity contribution in [2.75, 3.05) is 12.3 Å². The summed E-state index contributed by atoms with van der Waals surface area (Å²) in [5, 5.41) is 11.7. The predicted molar refractivity (Wildman–Crippen MR) is 110 cm³/mol. The molecule has 1 amide bonds. The summed E-state index contributed by atoms with van der Waals surface area (Å²) >= 11 is 3.27. The molecule has 5 nitrogen and oxygen atoms in total. The minimum atomic E-state index is 0.167. The fourth-order valence-corrected chi connectivity index (χ4v) is 5.18. The van der Waals surface area contributed by atoms with Crippen LogP contribution in [0.4, 0.5) is 0 Å². The van der Waals surface area contributed by atoms with Crippen LogP contribution < -0.4 is 0 Å². The number of nitrogens with zero attached hydrogens (tertiary/aromatic N) is 4. The number of carbonyl (C=O) groups is 1. The molecule has 0 aliphatic carbocycles. The first-order chi connectivity index (χ1) is 13.2. The quantitative estimate of drug-likeness (QED) is 0.609. The van der Waals surface area contributed by atoms with Crippen molar-refractivity contribution in [3.8, 4) is 11.4 Å². The van der Waals surface area contributed by atoms with Crippen LogP contribution in [0.3, 0.4) is 0 Å². The molecule has 7 heteroatoms. The van der Waals surface area contributed by atoms with E-state index >= 15 is 0 Å². The molecular formula is C20H22N4OS2. The molecule has 0 spiro atoms. The maximum atomic E-state index is 12.7. The lowest BCUT2D eigenvalue weighted by Gasteiger charge is -2.26. The van der Waals surface area contributed by atoms with Gasteiger partial charge in [0, 0.05) is 30.1 Å². The van der Waals surface area contributed by atoms with Crippen molar-refractivity contribution < 1.29 is 4.79 Å². The van der Waals surface area contributed by atoms with Crippen LogP contribution in [0.15, 0.2) is 40.9 Å². The van der Waals surface area contributed by atoms with E-state index in [-0.39, 0.29) is 5.91 Å². The fraction of sp³-hybridized carbons (Fsp3) is 0.350. The third-order valence-electron chi connectivity index (χ3n) is 4.90. The summed E-state index contributed by atoms with van der Waals surface area (Å²) in [6, 6.07) is 10.3. The molecule has 0 atom stereocenters. The highest BCUT2D eigenvalue weighted by Gasteiger charge is 2.22. The van der Waals surface area contributed by atoms with E-state index in [2.05, 4.69) is 52.2 Å². The SMILES string of the molecule is CCn1c(SCC(=O)N2CCc3sccc3C2)nnc1-c1ccccc1C. The van der Waals surface area contributed by atoms with Crippen molar-refractivity contribution in [3.63, 3.8) is 0 Å². The van der Waals surface area contributed by atoms with Crippen molar-refractivity contribution >= 4 is 29.0 Å². The van der Waals surface area contributed by atoms with Gasteiger partial charge in [0.25, 0.3) is 0 Å². The number of amides is 1. The van der Waals surface area contributed by atoms with Gasteiger partial charge >= 0.3 is 0 Å². The second kappa shape index (κ2) is 7.86. The van der Waals surface area contributed by atoms with Crippen molar-refractivity contribution in [1.82, 2.24) is 19.7 Å². The summed E-state index contributed by atoms with van der Waals surface area (Å²) < 4.78 is 2.09. The number of hydrogen-bond acceptors (Lipinski definition) is 5. The first-order valence-electron chi connectivity index (χ1n) is 9.12. The van der Waals surface area contributed by atoms with Gasteiger partial charge < -0.3 is 9.47 Å². The van der Waals surface area contributed by atoms with Gasteiger partial charge in [-0.15, -0.1) is 21.5 Å². The number of thioether (sulfide) groups is 1. The molecule has 3 aromatic rings. The van der Waals surface area contributed by atoms with E-state index in [0.29, 0.717) is 5.75 Å². The van der Waals surface area contributed by atoms with Gasteiger partial charge in [0.05, 0.1) is 5.75 Å². The van der Waals surface area contributed by atoms with Gasteiger partial charge in [0.2, 0.25) is 5.91 Å². The number of thiophene rings is 1. The molecule has 1 aromatic carbocycles. The highest BCUT2D eigenvalue weighted by Crippen LogP contribution is 2.28. The summed E-state index contributed by atoms with van der Waals surface area (Å²) in [7, 11) is 0. The third kappa shape index (κ3) is 3.66. The Kier molecular flexibility index (Phi) is 5.31. The van der Waals surface area contributed by atoms with E-state index < -0.39 is 0 Å². The van der Waals surface area contributed by atoms with Gasteiger partial charge in [0.15, 0.2) is 11.0 Å². The van der Waals surface area contributed by atoms with Crippen LogP contribution in [0.2, 0.25) is 0 Å². The van der Waals surface area contributed by atoms with Crippen LogP contribution >= 0.6 is 23.1 Å². The molecule has 0 N–H and O–H groups in total. The Morgan fingerprint density at radius 1 is 1.26 bits per heavy atom. The second-order valence-electron chi connectivity index (χ2n) is 6.59. The van der Waals surface area contributed by atoms with E-state index in [1.165, 1.54) is 27.8 Å². The number of fused-ring (bicyclic) bond motifs is 1. The Balaban J connectivity index is 1.46. The molecule has 1 aliphatic rings. The van der Waals surface area contributed by atoms with E-state index in [0.717, 1.165) is 42.6 Å². The van der Waals surface area contributed by atoms with Crippen molar-refractivity contribution in [2.24, 2.45) is 0 Å². The zero-order chi connectivity index (χ0) is 18.8. The molecule has 0 saturated carbocycles. The van der Waals surface area contributed by atoms with Gasteiger partial charge in [-0.1, -0.05) is 36.0 Å². The molecule has 0 unspecified atom stereocenters. The number of carbonyl (C=O) groups excluding carboxylic acids is 1. The Bertz CT molecular complexity index is 963. The highest BCUT2D eigenvalue weighted by atomic mass is 32.2. The van der Waals surface area contributed by atoms with Gasteiger partial charge in [0.1, 0.15) is 0 Å². The highest BCUT2D eigenvalue weighted by molar-refractivity contribution is 7.99. The minimum absolute atomic E-state index is 0.167. The Hall–Kier alpha value is -2.12. The van der Waals surface area contributed by atoms with E-state index in [1.807, 2.05) is 17.0 Å². The zero-order valence-electron chi connectivity index (χ0n) is 15.5. The summed E-state index contributed by atoms with van der Waals surface area (Å²) in [6.07, 6.45) is 0.964. The summed E-state index contributed by atoms with van der Waals surface area (Å²) in [4.78, 5) is 16.1. The molecule has 1 aliphatic heterocycles. The van der Waals surface area contributed by atoms with Crippen LogP contribution in [0.1, 0.15) is 22.9 Å². The van der Waals surface area contributed by atoms with Gasteiger partial charge in [-0.2, -0.15) is 0 Å². The lowest BCUT2D eigenvalue weighted by molar-refractivity contribution is -0.129. The third-order valence-corrected chi connectivity index (χ3v) is 6.88. The minimum Gasteiger partial charge on any atom is -0.337 e. The molecule has 27 heavy (non-hydrogen) atoms.